The summed E-state index contributed by atoms with van der Waals surface area (Å²) in [6.45, 7) is 3.89. The van der Waals surface area contributed by atoms with Crippen molar-refractivity contribution in [2.24, 2.45) is 5.92 Å². The molecular weight excluding hydrogens is 198 g/mol. The zero-order valence-electron chi connectivity index (χ0n) is 10.00. The number of aryl methyl sites for hydroxylation is 1. The highest BCUT2D eigenvalue weighted by atomic mass is 16.3. The Morgan fingerprint density at radius 3 is 2.94 bits per heavy atom. The van der Waals surface area contributed by atoms with Crippen LogP contribution in [-0.2, 0) is 6.54 Å². The summed E-state index contributed by atoms with van der Waals surface area (Å²) < 4.78 is 0. The molecule has 2 heteroatoms. The number of hydrogen-bond donors (Lipinski definition) is 2. The van der Waals surface area contributed by atoms with Crippen molar-refractivity contribution in [3.63, 3.8) is 0 Å². The molecule has 2 N–H and O–H groups in total. The van der Waals surface area contributed by atoms with Gasteiger partial charge in [-0.1, -0.05) is 30.5 Å². The Morgan fingerprint density at radius 1 is 1.38 bits per heavy atom. The highest BCUT2D eigenvalue weighted by Gasteiger charge is 2.19. The first-order valence-corrected chi connectivity index (χ1v) is 6.25. The summed E-state index contributed by atoms with van der Waals surface area (Å²) in [6, 6.07) is 5.76. The molecule has 2 nitrogen and oxygen atoms in total. The van der Waals surface area contributed by atoms with E-state index in [1.165, 1.54) is 31.2 Å². The Labute approximate surface area is 97.7 Å². The summed E-state index contributed by atoms with van der Waals surface area (Å²) in [5, 5.41) is 13.0. The van der Waals surface area contributed by atoms with E-state index in [-0.39, 0.29) is 0 Å². The third-order valence-corrected chi connectivity index (χ3v) is 3.21. The molecule has 1 aliphatic rings. The lowest BCUT2D eigenvalue weighted by atomic mass is 10.1. The summed E-state index contributed by atoms with van der Waals surface area (Å²) in [6.07, 6.45) is 5.52. The molecule has 0 bridgehead atoms. The first kappa shape index (κ1) is 11.5. The van der Waals surface area contributed by atoms with E-state index in [0.29, 0.717) is 5.75 Å². The lowest BCUT2D eigenvalue weighted by Gasteiger charge is -2.07. The average Bonchev–Trinajstić information content (AvgIpc) is 3.06. The molecule has 88 valence electrons. The van der Waals surface area contributed by atoms with Gasteiger partial charge in [0.2, 0.25) is 0 Å². The van der Waals surface area contributed by atoms with Crippen molar-refractivity contribution in [2.45, 2.75) is 39.2 Å². The number of aromatic hydroxyl groups is 1. The molecule has 1 aromatic carbocycles. The fraction of sp³-hybridized carbons (Fsp3) is 0.571. The topological polar surface area (TPSA) is 32.3 Å². The average molecular weight is 219 g/mol. The SMILES string of the molecule is Cc1ccc(O)c(CNCCCC2CC2)c1. The molecule has 0 spiro atoms. The van der Waals surface area contributed by atoms with Gasteiger partial charge in [-0.3, -0.25) is 0 Å². The van der Waals surface area contributed by atoms with Crippen LogP contribution in [0.3, 0.4) is 0 Å². The number of hydrogen-bond acceptors (Lipinski definition) is 2. The minimum Gasteiger partial charge on any atom is -0.508 e. The smallest absolute Gasteiger partial charge is 0.120 e. The largest absolute Gasteiger partial charge is 0.508 e. The molecule has 0 heterocycles. The molecule has 1 aliphatic carbocycles. The summed E-state index contributed by atoms with van der Waals surface area (Å²) in [5.74, 6) is 1.43. The molecule has 0 unspecified atom stereocenters. The van der Waals surface area contributed by atoms with Crippen molar-refractivity contribution in [2.75, 3.05) is 6.54 Å². The fourth-order valence-corrected chi connectivity index (χ4v) is 2.00. The summed E-state index contributed by atoms with van der Waals surface area (Å²) in [7, 11) is 0. The first-order valence-electron chi connectivity index (χ1n) is 6.25. The van der Waals surface area contributed by atoms with Crippen molar-refractivity contribution in [1.29, 1.82) is 0 Å². The van der Waals surface area contributed by atoms with Gasteiger partial charge in [0, 0.05) is 12.1 Å². The molecule has 0 radical (unpaired) electrons. The van der Waals surface area contributed by atoms with E-state index in [1.807, 2.05) is 12.1 Å². The Morgan fingerprint density at radius 2 is 2.19 bits per heavy atom. The predicted octanol–water partition coefficient (Wildman–Crippen LogP) is 2.98. The second-order valence-corrected chi connectivity index (χ2v) is 4.89. The summed E-state index contributed by atoms with van der Waals surface area (Å²) in [5.41, 5.74) is 2.21. The molecule has 0 saturated heterocycles. The third-order valence-electron chi connectivity index (χ3n) is 3.21. The molecule has 0 amide bonds. The van der Waals surface area contributed by atoms with Gasteiger partial charge in [0.05, 0.1) is 0 Å². The molecule has 1 fully saturated rings. The maximum Gasteiger partial charge on any atom is 0.120 e. The Balaban J connectivity index is 1.69. The highest BCUT2D eigenvalue weighted by Crippen LogP contribution is 2.33. The Hall–Kier alpha value is -1.02. The van der Waals surface area contributed by atoms with E-state index in [2.05, 4.69) is 12.2 Å². The summed E-state index contributed by atoms with van der Waals surface area (Å²) >= 11 is 0. The van der Waals surface area contributed by atoms with Crippen LogP contribution in [0.2, 0.25) is 0 Å². The maximum atomic E-state index is 9.65. The lowest BCUT2D eigenvalue weighted by molar-refractivity contribution is 0.463. The monoisotopic (exact) mass is 219 g/mol. The van der Waals surface area contributed by atoms with Crippen molar-refractivity contribution in [3.05, 3.63) is 29.3 Å². The van der Waals surface area contributed by atoms with Gasteiger partial charge in [0.1, 0.15) is 5.75 Å². The second kappa shape index (κ2) is 5.35. The summed E-state index contributed by atoms with van der Waals surface area (Å²) in [4.78, 5) is 0. The lowest BCUT2D eigenvalue weighted by Crippen LogP contribution is -2.15. The van der Waals surface area contributed by atoms with Crippen LogP contribution in [0, 0.1) is 12.8 Å². The molecule has 2 rings (SSSR count). The van der Waals surface area contributed by atoms with Crippen LogP contribution in [0.1, 0.15) is 36.8 Å². The molecule has 0 aliphatic heterocycles. The van der Waals surface area contributed by atoms with Crippen LogP contribution in [0.5, 0.6) is 5.75 Å². The van der Waals surface area contributed by atoms with E-state index in [0.717, 1.165) is 24.6 Å². The van der Waals surface area contributed by atoms with E-state index < -0.39 is 0 Å². The highest BCUT2D eigenvalue weighted by molar-refractivity contribution is 5.35. The first-order chi connectivity index (χ1) is 7.75. The van der Waals surface area contributed by atoms with E-state index in [1.54, 1.807) is 6.07 Å². The zero-order chi connectivity index (χ0) is 11.4. The fourth-order valence-electron chi connectivity index (χ4n) is 2.00. The van der Waals surface area contributed by atoms with Crippen molar-refractivity contribution in [3.8, 4) is 5.75 Å². The van der Waals surface area contributed by atoms with E-state index in [4.69, 9.17) is 0 Å². The number of benzene rings is 1. The predicted molar refractivity (Wildman–Crippen MR) is 66.5 cm³/mol. The molecule has 0 atom stereocenters. The van der Waals surface area contributed by atoms with Gasteiger partial charge in [-0.15, -0.1) is 0 Å². The minimum absolute atomic E-state index is 0.403. The molecular formula is C14H21NO. The van der Waals surface area contributed by atoms with Gasteiger partial charge >= 0.3 is 0 Å². The van der Waals surface area contributed by atoms with Gasteiger partial charge < -0.3 is 10.4 Å². The van der Waals surface area contributed by atoms with Crippen LogP contribution >= 0.6 is 0 Å². The van der Waals surface area contributed by atoms with Crippen LogP contribution < -0.4 is 5.32 Å². The van der Waals surface area contributed by atoms with Crippen LogP contribution in [0.25, 0.3) is 0 Å². The Bertz CT molecular complexity index is 345. The van der Waals surface area contributed by atoms with Crippen LogP contribution in [-0.4, -0.2) is 11.7 Å². The standard InChI is InChI=1S/C14H21NO/c1-11-4-7-14(16)13(9-11)10-15-8-2-3-12-5-6-12/h4,7,9,12,15-16H,2-3,5-6,8,10H2,1H3. The second-order valence-electron chi connectivity index (χ2n) is 4.89. The van der Waals surface area contributed by atoms with Crippen molar-refractivity contribution in [1.82, 2.24) is 5.32 Å². The normalized spacial score (nSPS) is 15.3. The van der Waals surface area contributed by atoms with Gasteiger partial charge in [0.15, 0.2) is 0 Å². The molecule has 1 aromatic rings. The Kier molecular flexibility index (Phi) is 3.83. The van der Waals surface area contributed by atoms with E-state index in [9.17, 15) is 5.11 Å². The van der Waals surface area contributed by atoms with Crippen molar-refractivity contribution >= 4 is 0 Å². The van der Waals surface area contributed by atoms with Crippen LogP contribution in [0.4, 0.5) is 0 Å². The molecule has 1 saturated carbocycles. The maximum absolute atomic E-state index is 9.65. The van der Waals surface area contributed by atoms with Gasteiger partial charge in [-0.2, -0.15) is 0 Å². The number of rotatable bonds is 6. The van der Waals surface area contributed by atoms with E-state index >= 15 is 0 Å². The van der Waals surface area contributed by atoms with Crippen molar-refractivity contribution < 1.29 is 5.11 Å². The number of phenols is 1. The quantitative estimate of drug-likeness (QED) is 0.721. The van der Waals surface area contributed by atoms with Gasteiger partial charge in [0.25, 0.3) is 0 Å². The molecule has 0 aromatic heterocycles. The zero-order valence-corrected chi connectivity index (χ0v) is 10.00. The molecule has 16 heavy (non-hydrogen) atoms. The van der Waals surface area contributed by atoms with Gasteiger partial charge in [-0.05, 0) is 38.3 Å². The van der Waals surface area contributed by atoms with Gasteiger partial charge in [-0.25, -0.2) is 0 Å². The number of phenolic OH excluding ortho intramolecular Hbond substituents is 1. The third kappa shape index (κ3) is 3.53. The van der Waals surface area contributed by atoms with Crippen LogP contribution in [0.15, 0.2) is 18.2 Å². The number of nitrogens with one attached hydrogen (secondary N) is 1. The minimum atomic E-state index is 0.403.